The molecule has 0 spiro atoms. The van der Waals surface area contributed by atoms with Crippen LogP contribution in [0.1, 0.15) is 48.3 Å². The lowest BCUT2D eigenvalue weighted by molar-refractivity contribution is -0.128. The van der Waals surface area contributed by atoms with Crippen molar-refractivity contribution in [3.8, 4) is 5.75 Å². The molecule has 0 bridgehead atoms. The summed E-state index contributed by atoms with van der Waals surface area (Å²) < 4.78 is 12.4. The van der Waals surface area contributed by atoms with E-state index in [-0.39, 0.29) is 19.1 Å². The summed E-state index contributed by atoms with van der Waals surface area (Å²) >= 11 is 0. The molecule has 0 atom stereocenters. The maximum atomic E-state index is 12.5. The summed E-state index contributed by atoms with van der Waals surface area (Å²) in [5.41, 5.74) is 1.75. The minimum absolute atomic E-state index is 0.140. The number of nitrogens with one attached hydrogen (secondary N) is 1. The molecule has 2 aromatic rings. The molecule has 26 heavy (non-hydrogen) atoms. The van der Waals surface area contributed by atoms with Crippen molar-refractivity contribution in [2.24, 2.45) is 5.92 Å². The van der Waals surface area contributed by atoms with Gasteiger partial charge in [0, 0.05) is 6.20 Å². The first-order chi connectivity index (χ1) is 12.7. The summed E-state index contributed by atoms with van der Waals surface area (Å²) in [6.45, 7) is 3.25. The van der Waals surface area contributed by atoms with E-state index in [9.17, 15) is 9.59 Å². The van der Waals surface area contributed by atoms with E-state index in [4.69, 9.17) is 4.74 Å². The molecule has 1 N–H and O–H groups in total. The standard InChI is InChI=1S/C19H25N3O4/c1-14-17(19(24)20-9-11-25-13-23)22-10-5-8-16(18(22)21-14)26-12-15-6-3-2-4-7-15/h5,8,10,13,15H,2-4,6-7,9,11-12H2,1H3,(H,20,24). The molecule has 2 aromatic heterocycles. The molecule has 2 heterocycles. The number of rotatable bonds is 8. The minimum Gasteiger partial charge on any atom is -0.489 e. The second kappa shape index (κ2) is 8.69. The van der Waals surface area contributed by atoms with Gasteiger partial charge in [0.2, 0.25) is 0 Å². The van der Waals surface area contributed by atoms with Crippen LogP contribution in [-0.4, -0.2) is 41.5 Å². The first kappa shape index (κ1) is 18.2. The highest BCUT2D eigenvalue weighted by Gasteiger charge is 2.20. The van der Waals surface area contributed by atoms with Gasteiger partial charge in [0.15, 0.2) is 11.4 Å². The van der Waals surface area contributed by atoms with Gasteiger partial charge in [-0.05, 0) is 37.8 Å². The summed E-state index contributed by atoms with van der Waals surface area (Å²) in [5, 5.41) is 2.73. The number of amides is 1. The van der Waals surface area contributed by atoms with Crippen molar-refractivity contribution in [2.75, 3.05) is 19.8 Å². The number of carbonyl (C=O) groups is 2. The Bertz CT molecular complexity index is 765. The highest BCUT2D eigenvalue weighted by Crippen LogP contribution is 2.27. The van der Waals surface area contributed by atoms with Gasteiger partial charge in [-0.2, -0.15) is 0 Å². The lowest BCUT2D eigenvalue weighted by Crippen LogP contribution is -2.28. The molecule has 0 saturated heterocycles. The zero-order chi connectivity index (χ0) is 18.4. The number of hydrogen-bond acceptors (Lipinski definition) is 5. The summed E-state index contributed by atoms with van der Waals surface area (Å²) in [4.78, 5) is 27.2. The maximum absolute atomic E-state index is 12.5. The van der Waals surface area contributed by atoms with Crippen molar-refractivity contribution < 1.29 is 19.1 Å². The van der Waals surface area contributed by atoms with E-state index >= 15 is 0 Å². The summed E-state index contributed by atoms with van der Waals surface area (Å²) in [7, 11) is 0. The quantitative estimate of drug-likeness (QED) is 0.578. The van der Waals surface area contributed by atoms with Crippen LogP contribution >= 0.6 is 0 Å². The lowest BCUT2D eigenvalue weighted by Gasteiger charge is -2.21. The third-order valence-corrected chi connectivity index (χ3v) is 4.78. The fourth-order valence-corrected chi connectivity index (χ4v) is 3.46. The molecule has 1 saturated carbocycles. The van der Waals surface area contributed by atoms with E-state index < -0.39 is 0 Å². The summed E-state index contributed by atoms with van der Waals surface area (Å²) in [6, 6.07) is 3.75. The van der Waals surface area contributed by atoms with E-state index in [1.54, 1.807) is 17.5 Å². The van der Waals surface area contributed by atoms with Crippen molar-refractivity contribution in [1.29, 1.82) is 0 Å². The molecule has 0 unspecified atom stereocenters. The van der Waals surface area contributed by atoms with Gasteiger partial charge in [0.05, 0.1) is 18.8 Å². The van der Waals surface area contributed by atoms with E-state index in [0.29, 0.717) is 41.8 Å². The van der Waals surface area contributed by atoms with Gasteiger partial charge in [-0.3, -0.25) is 14.0 Å². The Balaban J connectivity index is 1.73. The number of carbonyl (C=O) groups excluding carboxylic acids is 2. The Morgan fingerprint density at radius 1 is 1.38 bits per heavy atom. The maximum Gasteiger partial charge on any atom is 0.293 e. The number of imidazole rings is 1. The molecular formula is C19H25N3O4. The van der Waals surface area contributed by atoms with Crippen LogP contribution in [0.5, 0.6) is 5.75 Å². The van der Waals surface area contributed by atoms with Crippen LogP contribution in [0.25, 0.3) is 5.65 Å². The first-order valence-corrected chi connectivity index (χ1v) is 9.14. The van der Waals surface area contributed by atoms with Crippen LogP contribution < -0.4 is 10.1 Å². The Hall–Kier alpha value is -2.57. The predicted octanol–water partition coefficient (Wildman–Crippen LogP) is 2.50. The largest absolute Gasteiger partial charge is 0.489 e. The monoisotopic (exact) mass is 359 g/mol. The Kier molecular flexibility index (Phi) is 6.09. The topological polar surface area (TPSA) is 81.9 Å². The van der Waals surface area contributed by atoms with Crippen molar-refractivity contribution in [3.63, 3.8) is 0 Å². The third-order valence-electron chi connectivity index (χ3n) is 4.78. The van der Waals surface area contributed by atoms with Gasteiger partial charge in [0.25, 0.3) is 12.4 Å². The van der Waals surface area contributed by atoms with Crippen LogP contribution in [0, 0.1) is 12.8 Å². The SMILES string of the molecule is Cc1nc2c(OCC3CCCCC3)cccn2c1C(=O)NCCOC=O. The molecule has 1 fully saturated rings. The Morgan fingerprint density at radius 3 is 2.96 bits per heavy atom. The second-order valence-electron chi connectivity index (χ2n) is 6.65. The van der Waals surface area contributed by atoms with E-state index in [0.717, 1.165) is 0 Å². The van der Waals surface area contributed by atoms with E-state index in [1.807, 2.05) is 12.1 Å². The lowest BCUT2D eigenvalue weighted by atomic mass is 9.90. The zero-order valence-electron chi connectivity index (χ0n) is 15.1. The Labute approximate surface area is 152 Å². The first-order valence-electron chi connectivity index (χ1n) is 9.14. The molecule has 3 rings (SSSR count). The molecule has 7 nitrogen and oxygen atoms in total. The van der Waals surface area contributed by atoms with Crippen LogP contribution in [0.2, 0.25) is 0 Å². The number of ether oxygens (including phenoxy) is 2. The van der Waals surface area contributed by atoms with Gasteiger partial charge in [-0.15, -0.1) is 0 Å². The van der Waals surface area contributed by atoms with Gasteiger partial charge in [0.1, 0.15) is 12.3 Å². The average Bonchev–Trinajstić information content (AvgIpc) is 3.00. The van der Waals surface area contributed by atoms with Crippen LogP contribution in [0.4, 0.5) is 0 Å². The number of aryl methyl sites for hydroxylation is 1. The van der Waals surface area contributed by atoms with Crippen molar-refractivity contribution in [2.45, 2.75) is 39.0 Å². The second-order valence-corrected chi connectivity index (χ2v) is 6.65. The minimum atomic E-state index is -0.256. The third kappa shape index (κ3) is 4.15. The highest BCUT2D eigenvalue weighted by atomic mass is 16.5. The number of hydrogen-bond donors (Lipinski definition) is 1. The smallest absolute Gasteiger partial charge is 0.293 e. The van der Waals surface area contributed by atoms with Gasteiger partial charge < -0.3 is 14.8 Å². The molecule has 1 aliphatic rings. The van der Waals surface area contributed by atoms with Crippen LogP contribution in [-0.2, 0) is 9.53 Å². The fourth-order valence-electron chi connectivity index (χ4n) is 3.46. The van der Waals surface area contributed by atoms with Crippen molar-refractivity contribution in [1.82, 2.24) is 14.7 Å². The molecule has 0 aromatic carbocycles. The molecule has 7 heteroatoms. The fraction of sp³-hybridized carbons (Fsp3) is 0.526. The number of nitrogens with zero attached hydrogens (tertiary/aromatic N) is 2. The molecule has 0 aliphatic heterocycles. The molecule has 0 radical (unpaired) electrons. The van der Waals surface area contributed by atoms with Gasteiger partial charge in [-0.25, -0.2) is 4.98 Å². The van der Waals surface area contributed by atoms with Crippen molar-refractivity contribution >= 4 is 18.0 Å². The average molecular weight is 359 g/mol. The molecular weight excluding hydrogens is 334 g/mol. The number of aromatic nitrogens is 2. The molecule has 140 valence electrons. The van der Waals surface area contributed by atoms with Crippen LogP contribution in [0.3, 0.4) is 0 Å². The zero-order valence-corrected chi connectivity index (χ0v) is 15.1. The predicted molar refractivity (Wildman–Crippen MR) is 96.3 cm³/mol. The molecule has 1 aliphatic carbocycles. The van der Waals surface area contributed by atoms with Gasteiger partial charge >= 0.3 is 0 Å². The van der Waals surface area contributed by atoms with Crippen LogP contribution in [0.15, 0.2) is 18.3 Å². The number of pyridine rings is 1. The number of fused-ring (bicyclic) bond motifs is 1. The van der Waals surface area contributed by atoms with E-state index in [1.165, 1.54) is 32.1 Å². The summed E-state index contributed by atoms with van der Waals surface area (Å²) in [5.74, 6) is 1.04. The Morgan fingerprint density at radius 2 is 2.19 bits per heavy atom. The highest BCUT2D eigenvalue weighted by molar-refractivity contribution is 5.95. The van der Waals surface area contributed by atoms with Crippen molar-refractivity contribution in [3.05, 3.63) is 29.7 Å². The van der Waals surface area contributed by atoms with E-state index in [2.05, 4.69) is 15.0 Å². The van der Waals surface area contributed by atoms with Gasteiger partial charge in [-0.1, -0.05) is 19.3 Å². The summed E-state index contributed by atoms with van der Waals surface area (Å²) in [6.07, 6.45) is 8.11. The molecule has 1 amide bonds. The normalized spacial score (nSPS) is 15.0.